The first-order chi connectivity index (χ1) is 14.2. The average molecular weight is 441 g/mol. The molecule has 0 radical (unpaired) electrons. The Bertz CT molecular complexity index is 886. The smallest absolute Gasteiger partial charge is 0.338 e. The number of esters is 1. The first-order valence-corrected chi connectivity index (χ1v) is 11.4. The third-order valence-corrected chi connectivity index (χ3v) is 7.03. The number of nitrogens with zero attached hydrogens (tertiary/aromatic N) is 2. The Labute approximate surface area is 176 Å². The highest BCUT2D eigenvalue weighted by molar-refractivity contribution is 7.89. The quantitative estimate of drug-likeness (QED) is 0.624. The Morgan fingerprint density at radius 1 is 1.13 bits per heavy atom. The number of carbonyl (C=O) groups is 2. The molecule has 2 unspecified atom stereocenters. The van der Waals surface area contributed by atoms with E-state index >= 15 is 0 Å². The predicted octanol–water partition coefficient (Wildman–Crippen LogP) is 0.809. The summed E-state index contributed by atoms with van der Waals surface area (Å²) in [4.78, 5) is 26.6. The number of benzene rings is 1. The van der Waals surface area contributed by atoms with Crippen LogP contribution in [-0.4, -0.2) is 87.7 Å². The van der Waals surface area contributed by atoms with Crippen molar-refractivity contribution in [3.63, 3.8) is 0 Å². The zero-order valence-electron chi connectivity index (χ0n) is 17.5. The minimum atomic E-state index is -3.74. The standard InChI is InChI=1S/C20H28N2O7S/c1-14-4-5-17(30(25,26)22-6-8-27-9-7-22)10-18(14)20(24)28-13-19(23)21-11-15(2)29-16(3)12-21/h4-5,10,15-16H,6-9,11-13H2,1-3H3. The van der Waals surface area contributed by atoms with E-state index in [9.17, 15) is 18.0 Å². The van der Waals surface area contributed by atoms with Crippen molar-refractivity contribution in [1.29, 1.82) is 0 Å². The lowest BCUT2D eigenvalue weighted by Gasteiger charge is -2.35. The molecular formula is C20H28N2O7S. The fourth-order valence-electron chi connectivity index (χ4n) is 3.60. The molecule has 9 nitrogen and oxygen atoms in total. The number of carbonyl (C=O) groups excluding carboxylic acids is 2. The van der Waals surface area contributed by atoms with Gasteiger partial charge in [-0.2, -0.15) is 4.31 Å². The third-order valence-electron chi connectivity index (χ3n) is 5.14. The van der Waals surface area contributed by atoms with Crippen LogP contribution in [-0.2, 0) is 29.0 Å². The fraction of sp³-hybridized carbons (Fsp3) is 0.600. The molecule has 2 saturated heterocycles. The summed E-state index contributed by atoms with van der Waals surface area (Å²) in [5.41, 5.74) is 0.697. The van der Waals surface area contributed by atoms with Crippen molar-refractivity contribution < 1.29 is 32.2 Å². The van der Waals surface area contributed by atoms with Gasteiger partial charge in [-0.1, -0.05) is 6.07 Å². The van der Waals surface area contributed by atoms with Crippen molar-refractivity contribution in [1.82, 2.24) is 9.21 Å². The van der Waals surface area contributed by atoms with Crippen LogP contribution in [0.5, 0.6) is 0 Å². The van der Waals surface area contributed by atoms with Crippen molar-refractivity contribution >= 4 is 21.9 Å². The summed E-state index contributed by atoms with van der Waals surface area (Å²) in [6.07, 6.45) is -0.171. The number of rotatable bonds is 5. The molecule has 0 aromatic heterocycles. The van der Waals surface area contributed by atoms with E-state index in [0.717, 1.165) is 0 Å². The monoisotopic (exact) mass is 440 g/mol. The van der Waals surface area contributed by atoms with E-state index in [0.29, 0.717) is 31.9 Å². The summed E-state index contributed by atoms with van der Waals surface area (Å²) in [5.74, 6) is -1.03. The van der Waals surface area contributed by atoms with E-state index in [1.165, 1.54) is 16.4 Å². The first-order valence-electron chi connectivity index (χ1n) is 9.97. The van der Waals surface area contributed by atoms with Crippen LogP contribution in [0, 0.1) is 6.92 Å². The molecule has 2 aliphatic heterocycles. The van der Waals surface area contributed by atoms with Gasteiger partial charge in [-0.05, 0) is 38.5 Å². The molecule has 2 atom stereocenters. The van der Waals surface area contributed by atoms with Gasteiger partial charge in [0.05, 0.1) is 35.9 Å². The third kappa shape index (κ3) is 5.18. The summed E-state index contributed by atoms with van der Waals surface area (Å²) in [5, 5.41) is 0. The van der Waals surface area contributed by atoms with Gasteiger partial charge in [-0.15, -0.1) is 0 Å². The molecule has 0 aliphatic carbocycles. The number of amides is 1. The summed E-state index contributed by atoms with van der Waals surface area (Å²) in [7, 11) is -3.74. The van der Waals surface area contributed by atoms with Gasteiger partial charge in [-0.25, -0.2) is 13.2 Å². The molecule has 166 valence electrons. The maximum atomic E-state index is 12.9. The van der Waals surface area contributed by atoms with E-state index in [2.05, 4.69) is 0 Å². The lowest BCUT2D eigenvalue weighted by molar-refractivity contribution is -0.146. The largest absolute Gasteiger partial charge is 0.452 e. The zero-order valence-corrected chi connectivity index (χ0v) is 18.3. The van der Waals surface area contributed by atoms with Gasteiger partial charge < -0.3 is 19.1 Å². The Morgan fingerprint density at radius 3 is 2.40 bits per heavy atom. The maximum Gasteiger partial charge on any atom is 0.338 e. The number of sulfonamides is 1. The molecule has 0 spiro atoms. The topological polar surface area (TPSA) is 102 Å². The molecule has 2 aliphatic rings. The van der Waals surface area contributed by atoms with Crippen LogP contribution < -0.4 is 0 Å². The van der Waals surface area contributed by atoms with Crippen LogP contribution in [0.2, 0.25) is 0 Å². The van der Waals surface area contributed by atoms with Gasteiger partial charge in [0.25, 0.3) is 5.91 Å². The Balaban J connectivity index is 1.68. The summed E-state index contributed by atoms with van der Waals surface area (Å²) >= 11 is 0. The molecule has 0 N–H and O–H groups in total. The van der Waals surface area contributed by atoms with Crippen LogP contribution in [0.25, 0.3) is 0 Å². The van der Waals surface area contributed by atoms with Gasteiger partial charge in [-0.3, -0.25) is 4.79 Å². The molecule has 0 saturated carbocycles. The van der Waals surface area contributed by atoms with Crippen molar-refractivity contribution in [3.05, 3.63) is 29.3 Å². The van der Waals surface area contributed by atoms with Crippen molar-refractivity contribution in [3.8, 4) is 0 Å². The Hall–Kier alpha value is -2.01. The maximum absolute atomic E-state index is 12.9. The molecular weight excluding hydrogens is 412 g/mol. The molecule has 30 heavy (non-hydrogen) atoms. The molecule has 0 bridgehead atoms. The lowest BCUT2D eigenvalue weighted by Crippen LogP contribution is -2.49. The molecule has 2 heterocycles. The van der Waals surface area contributed by atoms with Crippen molar-refractivity contribution in [2.75, 3.05) is 46.0 Å². The normalized spacial score (nSPS) is 23.2. The van der Waals surface area contributed by atoms with Crippen LogP contribution >= 0.6 is 0 Å². The van der Waals surface area contributed by atoms with Gasteiger partial charge in [0.1, 0.15) is 0 Å². The number of hydrogen-bond donors (Lipinski definition) is 0. The van der Waals surface area contributed by atoms with Crippen LogP contribution in [0.3, 0.4) is 0 Å². The van der Waals surface area contributed by atoms with Gasteiger partial charge >= 0.3 is 5.97 Å². The minimum Gasteiger partial charge on any atom is -0.452 e. The molecule has 10 heteroatoms. The molecule has 1 aromatic carbocycles. The van der Waals surface area contributed by atoms with Crippen LogP contribution in [0.1, 0.15) is 29.8 Å². The van der Waals surface area contributed by atoms with E-state index in [-0.39, 0.29) is 41.7 Å². The molecule has 2 fully saturated rings. The molecule has 1 amide bonds. The SMILES string of the molecule is Cc1ccc(S(=O)(=O)N2CCOCC2)cc1C(=O)OCC(=O)N1CC(C)OC(C)C1. The van der Waals surface area contributed by atoms with Crippen LogP contribution in [0.4, 0.5) is 0 Å². The van der Waals surface area contributed by atoms with Gasteiger partial charge in [0.15, 0.2) is 6.61 Å². The van der Waals surface area contributed by atoms with E-state index in [1.54, 1.807) is 17.9 Å². The average Bonchev–Trinajstić information content (AvgIpc) is 2.71. The van der Waals surface area contributed by atoms with E-state index in [4.69, 9.17) is 14.2 Å². The zero-order chi connectivity index (χ0) is 21.9. The summed E-state index contributed by atoms with van der Waals surface area (Å²) in [6, 6.07) is 4.35. The van der Waals surface area contributed by atoms with Crippen molar-refractivity contribution in [2.24, 2.45) is 0 Å². The predicted molar refractivity (Wildman–Crippen MR) is 108 cm³/mol. The fourth-order valence-corrected chi connectivity index (χ4v) is 5.03. The number of aryl methyl sites for hydroxylation is 1. The number of ether oxygens (including phenoxy) is 3. The second-order valence-electron chi connectivity index (χ2n) is 7.63. The summed E-state index contributed by atoms with van der Waals surface area (Å²) in [6.45, 7) is 7.12. The highest BCUT2D eigenvalue weighted by Gasteiger charge is 2.29. The highest BCUT2D eigenvalue weighted by atomic mass is 32.2. The highest BCUT2D eigenvalue weighted by Crippen LogP contribution is 2.21. The van der Waals surface area contributed by atoms with Gasteiger partial charge in [0, 0.05) is 26.2 Å². The Kier molecular flexibility index (Phi) is 7.12. The first kappa shape index (κ1) is 22.7. The number of hydrogen-bond acceptors (Lipinski definition) is 7. The van der Waals surface area contributed by atoms with Crippen molar-refractivity contribution in [2.45, 2.75) is 37.9 Å². The molecule has 3 rings (SSSR count). The Morgan fingerprint density at radius 2 is 1.77 bits per heavy atom. The number of morpholine rings is 2. The minimum absolute atomic E-state index is 0.0177. The second kappa shape index (κ2) is 9.42. The van der Waals surface area contributed by atoms with E-state index < -0.39 is 22.6 Å². The van der Waals surface area contributed by atoms with Crippen LogP contribution in [0.15, 0.2) is 23.1 Å². The van der Waals surface area contributed by atoms with E-state index in [1.807, 2.05) is 13.8 Å². The summed E-state index contributed by atoms with van der Waals surface area (Å²) < 4.78 is 43.1. The molecule has 1 aromatic rings. The van der Waals surface area contributed by atoms with Gasteiger partial charge in [0.2, 0.25) is 10.0 Å². The lowest BCUT2D eigenvalue weighted by atomic mass is 10.1. The second-order valence-corrected chi connectivity index (χ2v) is 9.56.